The van der Waals surface area contributed by atoms with Gasteiger partial charge in [-0.2, -0.15) is 0 Å². The predicted molar refractivity (Wildman–Crippen MR) is 94.3 cm³/mol. The van der Waals surface area contributed by atoms with E-state index >= 15 is 0 Å². The van der Waals surface area contributed by atoms with Crippen molar-refractivity contribution in [3.8, 4) is 0 Å². The number of aromatic carboxylic acids is 1. The maximum Gasteiger partial charge on any atom is 0.337 e. The lowest BCUT2D eigenvalue weighted by molar-refractivity contribution is -0.122. The van der Waals surface area contributed by atoms with Gasteiger partial charge in [0.2, 0.25) is 11.8 Å². The Morgan fingerprint density at radius 3 is 2.23 bits per heavy atom. The van der Waals surface area contributed by atoms with Gasteiger partial charge in [0, 0.05) is 13.1 Å². The minimum atomic E-state index is -1.08. The molecule has 2 aliphatic heterocycles. The van der Waals surface area contributed by atoms with Crippen molar-refractivity contribution in [1.82, 2.24) is 0 Å². The topological polar surface area (TPSA) is 87.2 Å². The number of amides is 2. The highest BCUT2D eigenvalue weighted by atomic mass is 16.5. The summed E-state index contributed by atoms with van der Waals surface area (Å²) < 4.78 is 5.32. The third-order valence-corrected chi connectivity index (χ3v) is 5.33. The zero-order valence-corrected chi connectivity index (χ0v) is 14.3. The molecule has 2 fully saturated rings. The van der Waals surface area contributed by atoms with E-state index in [9.17, 15) is 19.5 Å². The van der Waals surface area contributed by atoms with E-state index in [4.69, 9.17) is 4.74 Å². The molecule has 0 radical (unpaired) electrons. The molecular formula is C19H20N2O5. The maximum atomic E-state index is 12.7. The van der Waals surface area contributed by atoms with Crippen LogP contribution >= 0.6 is 0 Å². The first-order valence-corrected chi connectivity index (χ1v) is 8.81. The molecule has 136 valence electrons. The van der Waals surface area contributed by atoms with Gasteiger partial charge in [-0.3, -0.25) is 14.5 Å². The quantitative estimate of drug-likeness (QED) is 0.655. The lowest BCUT2D eigenvalue weighted by Crippen LogP contribution is -2.37. The molecule has 0 unspecified atom stereocenters. The Kier molecular flexibility index (Phi) is 4.24. The van der Waals surface area contributed by atoms with Crippen LogP contribution in [-0.4, -0.2) is 49.2 Å². The average Bonchev–Trinajstić information content (AvgIpc) is 2.93. The van der Waals surface area contributed by atoms with Crippen molar-refractivity contribution in [3.63, 3.8) is 0 Å². The van der Waals surface area contributed by atoms with Gasteiger partial charge in [0.1, 0.15) is 0 Å². The van der Waals surface area contributed by atoms with Gasteiger partial charge in [0.25, 0.3) is 0 Å². The molecule has 1 aliphatic carbocycles. The first-order chi connectivity index (χ1) is 12.6. The molecule has 1 aromatic rings. The van der Waals surface area contributed by atoms with Crippen molar-refractivity contribution in [2.45, 2.75) is 12.8 Å². The van der Waals surface area contributed by atoms with Crippen LogP contribution in [0.5, 0.6) is 0 Å². The molecule has 0 bridgehead atoms. The smallest absolute Gasteiger partial charge is 0.337 e. The van der Waals surface area contributed by atoms with E-state index in [0.717, 1.165) is 4.90 Å². The summed E-state index contributed by atoms with van der Waals surface area (Å²) >= 11 is 0. The van der Waals surface area contributed by atoms with Gasteiger partial charge < -0.3 is 14.7 Å². The molecule has 1 N–H and O–H groups in total. The van der Waals surface area contributed by atoms with Crippen LogP contribution in [0.2, 0.25) is 0 Å². The highest BCUT2D eigenvalue weighted by molar-refractivity contribution is 6.22. The third-order valence-electron chi connectivity index (χ3n) is 5.33. The van der Waals surface area contributed by atoms with Crippen LogP contribution < -0.4 is 9.80 Å². The molecule has 26 heavy (non-hydrogen) atoms. The number of hydrogen-bond donors (Lipinski definition) is 1. The van der Waals surface area contributed by atoms with E-state index < -0.39 is 5.97 Å². The van der Waals surface area contributed by atoms with Crippen LogP contribution in [0.15, 0.2) is 30.4 Å². The number of carbonyl (C=O) groups excluding carboxylic acids is 2. The number of carbonyl (C=O) groups is 3. The number of fused-ring (bicyclic) bond motifs is 1. The van der Waals surface area contributed by atoms with Crippen molar-refractivity contribution in [1.29, 1.82) is 0 Å². The van der Waals surface area contributed by atoms with Crippen LogP contribution in [-0.2, 0) is 14.3 Å². The second-order valence-electron chi connectivity index (χ2n) is 6.77. The number of carboxylic acids is 1. The fourth-order valence-corrected chi connectivity index (χ4v) is 3.97. The Morgan fingerprint density at radius 2 is 1.65 bits per heavy atom. The molecule has 7 nitrogen and oxygen atoms in total. The van der Waals surface area contributed by atoms with E-state index in [1.54, 1.807) is 12.1 Å². The fraction of sp³-hybridized carbons (Fsp3) is 0.421. The second kappa shape index (κ2) is 6.57. The van der Waals surface area contributed by atoms with Crippen LogP contribution in [0.25, 0.3) is 0 Å². The van der Waals surface area contributed by atoms with Crippen LogP contribution in [0.3, 0.4) is 0 Å². The monoisotopic (exact) mass is 356 g/mol. The highest BCUT2D eigenvalue weighted by Crippen LogP contribution is 2.38. The summed E-state index contributed by atoms with van der Waals surface area (Å²) in [4.78, 5) is 40.3. The van der Waals surface area contributed by atoms with E-state index in [-0.39, 0.29) is 29.2 Å². The minimum absolute atomic E-state index is 0.0954. The minimum Gasteiger partial charge on any atom is -0.478 e. The highest BCUT2D eigenvalue weighted by Gasteiger charge is 2.48. The Bertz CT molecular complexity index is 771. The number of rotatable bonds is 3. The van der Waals surface area contributed by atoms with Crippen molar-refractivity contribution in [3.05, 3.63) is 35.9 Å². The number of benzene rings is 1. The summed E-state index contributed by atoms with van der Waals surface area (Å²) in [7, 11) is 0. The van der Waals surface area contributed by atoms with Crippen LogP contribution in [0.1, 0.15) is 23.2 Å². The molecule has 2 atom stereocenters. The summed E-state index contributed by atoms with van der Waals surface area (Å²) in [5, 5.41) is 9.65. The normalized spacial score (nSPS) is 25.5. The van der Waals surface area contributed by atoms with Crippen LogP contribution in [0, 0.1) is 11.8 Å². The first kappa shape index (κ1) is 16.8. The fourth-order valence-electron chi connectivity index (χ4n) is 3.97. The maximum absolute atomic E-state index is 12.7. The molecule has 0 saturated carbocycles. The zero-order chi connectivity index (χ0) is 18.3. The predicted octanol–water partition coefficient (Wildman–Crippen LogP) is 1.68. The molecule has 1 aromatic carbocycles. The number of carboxylic acid groups (broad SMARTS) is 1. The van der Waals surface area contributed by atoms with Gasteiger partial charge in [-0.15, -0.1) is 0 Å². The molecule has 3 aliphatic rings. The number of morpholine rings is 1. The largest absolute Gasteiger partial charge is 0.478 e. The molecule has 0 spiro atoms. The molecule has 2 heterocycles. The standard InChI is InChI=1S/C19H20N2O5/c22-17-13-3-1-2-4-14(13)18(23)21(17)12-5-6-16(15(11-12)19(24)25)20-7-9-26-10-8-20/h1-2,5-6,11,13-14H,3-4,7-10H2,(H,24,25)/t13-,14-/m1/s1. The van der Waals surface area contributed by atoms with Gasteiger partial charge in [-0.25, -0.2) is 4.79 Å². The van der Waals surface area contributed by atoms with E-state index in [1.807, 2.05) is 17.1 Å². The van der Waals surface area contributed by atoms with Gasteiger partial charge in [-0.1, -0.05) is 12.2 Å². The SMILES string of the molecule is O=C(O)c1cc(N2C(=O)[C@@H]3CC=CC[C@H]3C2=O)ccc1N1CCOCC1. The lowest BCUT2D eigenvalue weighted by Gasteiger charge is -2.30. The molecule has 2 amide bonds. The number of anilines is 2. The summed E-state index contributed by atoms with van der Waals surface area (Å²) in [6, 6.07) is 4.79. The molecule has 0 aromatic heterocycles. The van der Waals surface area contributed by atoms with Gasteiger partial charge >= 0.3 is 5.97 Å². The van der Waals surface area contributed by atoms with Crippen molar-refractivity contribution < 1.29 is 24.2 Å². The van der Waals surface area contributed by atoms with Crippen molar-refractivity contribution in [2.24, 2.45) is 11.8 Å². The number of hydrogen-bond acceptors (Lipinski definition) is 5. The van der Waals surface area contributed by atoms with Gasteiger partial charge in [0.15, 0.2) is 0 Å². The van der Waals surface area contributed by atoms with E-state index in [1.165, 1.54) is 6.07 Å². The third kappa shape index (κ3) is 2.68. The summed E-state index contributed by atoms with van der Waals surface area (Å²) in [5.41, 5.74) is 1.02. The van der Waals surface area contributed by atoms with E-state index in [2.05, 4.69) is 0 Å². The average molecular weight is 356 g/mol. The molecule has 4 rings (SSSR count). The number of imide groups is 1. The zero-order valence-electron chi connectivity index (χ0n) is 14.3. The second-order valence-corrected chi connectivity index (χ2v) is 6.77. The van der Waals surface area contributed by atoms with Gasteiger partial charge in [0.05, 0.1) is 42.0 Å². The Labute approximate surface area is 150 Å². The Balaban J connectivity index is 1.69. The molecule has 2 saturated heterocycles. The summed E-state index contributed by atoms with van der Waals surface area (Å²) in [6.07, 6.45) is 4.98. The summed E-state index contributed by atoms with van der Waals surface area (Å²) in [6.45, 7) is 2.30. The Morgan fingerprint density at radius 1 is 1.04 bits per heavy atom. The first-order valence-electron chi connectivity index (χ1n) is 8.81. The molecular weight excluding hydrogens is 336 g/mol. The van der Waals surface area contributed by atoms with Crippen molar-refractivity contribution >= 4 is 29.2 Å². The van der Waals surface area contributed by atoms with Crippen LogP contribution in [0.4, 0.5) is 11.4 Å². The van der Waals surface area contributed by atoms with Crippen molar-refractivity contribution in [2.75, 3.05) is 36.1 Å². The summed E-state index contributed by atoms with van der Waals surface area (Å²) in [5.74, 6) is -2.22. The molecule has 7 heteroatoms. The van der Waals surface area contributed by atoms with Gasteiger partial charge in [-0.05, 0) is 31.0 Å². The number of nitrogens with zero attached hydrogens (tertiary/aromatic N) is 2. The number of ether oxygens (including phenoxy) is 1. The number of allylic oxidation sites excluding steroid dienone is 2. The van der Waals surface area contributed by atoms with E-state index in [0.29, 0.717) is 50.5 Å². The Hall–Kier alpha value is -2.67. The lowest BCUT2D eigenvalue weighted by atomic mass is 9.85.